The Morgan fingerprint density at radius 2 is 1.58 bits per heavy atom. The maximum absolute atomic E-state index is 12.4. The van der Waals surface area contributed by atoms with Gasteiger partial charge in [0.05, 0.1) is 15.6 Å². The summed E-state index contributed by atoms with van der Waals surface area (Å²) in [7, 11) is 2.51. The van der Waals surface area contributed by atoms with Crippen LogP contribution in [-0.2, 0) is 0 Å². The first-order valence-corrected chi connectivity index (χ1v) is 6.75. The minimum absolute atomic E-state index is 0. The van der Waals surface area contributed by atoms with Gasteiger partial charge >= 0.3 is 18.9 Å². The Balaban J connectivity index is 0.00000180. The number of benzene rings is 2. The van der Waals surface area contributed by atoms with Crippen molar-refractivity contribution in [3.8, 4) is 0 Å². The van der Waals surface area contributed by atoms with Crippen molar-refractivity contribution in [2.75, 3.05) is 0 Å². The molecule has 0 aliphatic carbocycles. The average Bonchev–Trinajstić information content (AvgIpc) is 2.27. The Morgan fingerprint density at radius 3 is 2.11 bits per heavy atom. The SMILES string of the molecule is O=C(c1ccccc1P)c1c(Cl)cc(Cl)cc1Cl.[H-].[Li+]. The van der Waals surface area contributed by atoms with Crippen molar-refractivity contribution in [2.45, 2.75) is 0 Å². The van der Waals surface area contributed by atoms with E-state index >= 15 is 0 Å². The number of hydrogen-bond acceptors (Lipinski definition) is 1. The van der Waals surface area contributed by atoms with Gasteiger partial charge in [-0.3, -0.25) is 4.79 Å². The molecule has 0 bridgehead atoms. The van der Waals surface area contributed by atoms with Gasteiger partial charge in [0.25, 0.3) is 0 Å². The van der Waals surface area contributed by atoms with Gasteiger partial charge in [0.2, 0.25) is 0 Å². The minimum atomic E-state index is -0.215. The minimum Gasteiger partial charge on any atom is -1.00 e. The zero-order valence-electron chi connectivity index (χ0n) is 11.1. The molecule has 2 rings (SSSR count). The van der Waals surface area contributed by atoms with E-state index in [0.29, 0.717) is 10.6 Å². The molecule has 0 aromatic heterocycles. The van der Waals surface area contributed by atoms with Crippen LogP contribution in [0.3, 0.4) is 0 Å². The number of hydrogen-bond donors (Lipinski definition) is 0. The van der Waals surface area contributed by atoms with Crippen molar-refractivity contribution in [3.05, 3.63) is 62.6 Å². The number of carbonyl (C=O) groups excluding carboxylic acids is 1. The van der Waals surface area contributed by atoms with E-state index in [4.69, 9.17) is 34.8 Å². The maximum Gasteiger partial charge on any atom is 1.00 e. The molecule has 1 unspecified atom stereocenters. The first kappa shape index (κ1) is 17.1. The van der Waals surface area contributed by atoms with E-state index in [1.807, 2.05) is 12.1 Å². The van der Waals surface area contributed by atoms with Gasteiger partial charge in [0.1, 0.15) is 0 Å². The van der Waals surface area contributed by atoms with Gasteiger partial charge in [-0.05, 0) is 17.4 Å². The van der Waals surface area contributed by atoms with Crippen molar-refractivity contribution < 1.29 is 25.1 Å². The topological polar surface area (TPSA) is 17.1 Å². The largest absolute Gasteiger partial charge is 1.00 e. The van der Waals surface area contributed by atoms with Crippen molar-refractivity contribution in [3.63, 3.8) is 0 Å². The molecule has 0 N–H and O–H groups in total. The van der Waals surface area contributed by atoms with Gasteiger partial charge in [-0.25, -0.2) is 0 Å². The van der Waals surface area contributed by atoms with E-state index in [-0.39, 0.29) is 41.7 Å². The number of ketones is 1. The van der Waals surface area contributed by atoms with Crippen LogP contribution in [0.2, 0.25) is 15.1 Å². The quantitative estimate of drug-likeness (QED) is 0.465. The van der Waals surface area contributed by atoms with E-state index in [9.17, 15) is 4.79 Å². The van der Waals surface area contributed by atoms with Gasteiger partial charge in [-0.1, -0.05) is 59.1 Å². The van der Waals surface area contributed by atoms with Crippen LogP contribution in [0.5, 0.6) is 0 Å². The summed E-state index contributed by atoms with van der Waals surface area (Å²) in [6, 6.07) is 10.2. The molecule has 2 aromatic carbocycles. The van der Waals surface area contributed by atoms with E-state index in [0.717, 1.165) is 5.30 Å². The van der Waals surface area contributed by atoms with E-state index in [1.54, 1.807) is 12.1 Å². The van der Waals surface area contributed by atoms with Crippen LogP contribution in [0.1, 0.15) is 17.3 Å². The maximum atomic E-state index is 12.4. The first-order chi connectivity index (χ1) is 8.50. The number of carbonyl (C=O) groups is 1. The molecule has 6 heteroatoms. The van der Waals surface area contributed by atoms with E-state index in [1.165, 1.54) is 12.1 Å². The third kappa shape index (κ3) is 3.77. The molecule has 19 heavy (non-hydrogen) atoms. The number of rotatable bonds is 2. The van der Waals surface area contributed by atoms with Crippen molar-refractivity contribution in [1.29, 1.82) is 0 Å². The van der Waals surface area contributed by atoms with Gasteiger partial charge in [-0.2, -0.15) is 0 Å². The third-order valence-electron chi connectivity index (χ3n) is 2.44. The van der Waals surface area contributed by atoms with Gasteiger partial charge < -0.3 is 1.43 Å². The Labute approximate surface area is 142 Å². The first-order valence-electron chi connectivity index (χ1n) is 5.04. The zero-order chi connectivity index (χ0) is 13.3. The second kappa shape index (κ2) is 7.14. The fraction of sp³-hybridized carbons (Fsp3) is 0. The van der Waals surface area contributed by atoms with Crippen molar-refractivity contribution >= 4 is 55.1 Å². The number of halogens is 3. The molecule has 1 nitrogen and oxygen atoms in total. The standard InChI is InChI=1S/C13H8Cl3OP.Li.H/c14-7-5-9(15)12(10(16)6-7)13(17)8-3-1-2-4-11(8)18;;/h1-6H,18H2;;/q;+1;-1. The Morgan fingerprint density at radius 1 is 1.05 bits per heavy atom. The summed E-state index contributed by atoms with van der Waals surface area (Å²) < 4.78 is 0. The Kier molecular flexibility index (Phi) is 6.41. The van der Waals surface area contributed by atoms with E-state index in [2.05, 4.69) is 9.24 Å². The molecule has 2 aromatic rings. The van der Waals surface area contributed by atoms with Crippen LogP contribution in [0, 0.1) is 0 Å². The Hall–Kier alpha value is 0.00740. The molecule has 0 amide bonds. The molecule has 1 atom stereocenters. The molecular weight excluding hydrogens is 316 g/mol. The van der Waals surface area contributed by atoms with Gasteiger partial charge in [-0.15, -0.1) is 9.24 Å². The summed E-state index contributed by atoms with van der Waals surface area (Å²) >= 11 is 17.9. The van der Waals surface area contributed by atoms with Crippen LogP contribution < -0.4 is 24.2 Å². The molecular formula is C13H9Cl3LiOP. The van der Waals surface area contributed by atoms with Crippen molar-refractivity contribution in [2.24, 2.45) is 0 Å². The molecule has 0 spiro atoms. The van der Waals surface area contributed by atoms with Gasteiger partial charge in [0, 0.05) is 10.6 Å². The monoisotopic (exact) mass is 324 g/mol. The van der Waals surface area contributed by atoms with Crippen LogP contribution in [0.25, 0.3) is 0 Å². The summed E-state index contributed by atoms with van der Waals surface area (Å²) in [6.07, 6.45) is 0. The second-order valence-corrected chi connectivity index (χ2v) is 5.53. The smallest absolute Gasteiger partial charge is 1.00 e. The summed E-state index contributed by atoms with van der Waals surface area (Å²) in [5, 5.41) is 1.71. The molecule has 0 fully saturated rings. The molecule has 0 aliphatic rings. The molecule has 0 saturated carbocycles. The summed E-state index contributed by atoms with van der Waals surface area (Å²) in [6.45, 7) is 0. The van der Waals surface area contributed by atoms with Crippen LogP contribution >= 0.6 is 44.0 Å². The average molecular weight is 325 g/mol. The molecule has 0 radical (unpaired) electrons. The predicted molar refractivity (Wildman–Crippen MR) is 81.8 cm³/mol. The molecule has 94 valence electrons. The Bertz CT molecular complexity index is 614. The van der Waals surface area contributed by atoms with Gasteiger partial charge in [0.15, 0.2) is 5.78 Å². The fourth-order valence-electron chi connectivity index (χ4n) is 1.60. The third-order valence-corrected chi connectivity index (χ3v) is 3.76. The molecule has 0 aliphatic heterocycles. The van der Waals surface area contributed by atoms with Crippen LogP contribution in [-0.4, -0.2) is 5.78 Å². The summed E-state index contributed by atoms with van der Waals surface area (Å²) in [4.78, 5) is 12.4. The zero-order valence-corrected chi connectivity index (χ0v) is 13.5. The van der Waals surface area contributed by atoms with E-state index < -0.39 is 0 Å². The molecule has 0 heterocycles. The second-order valence-electron chi connectivity index (χ2n) is 3.66. The van der Waals surface area contributed by atoms with Crippen LogP contribution in [0.4, 0.5) is 0 Å². The molecule has 0 saturated heterocycles. The normalized spacial score (nSPS) is 9.89. The summed E-state index contributed by atoms with van der Waals surface area (Å²) in [5.41, 5.74) is 0.825. The predicted octanol–water partition coefficient (Wildman–Crippen LogP) is 1.49. The van der Waals surface area contributed by atoms with Crippen LogP contribution in [0.15, 0.2) is 36.4 Å². The fourth-order valence-corrected chi connectivity index (χ4v) is 2.92. The van der Waals surface area contributed by atoms with Crippen molar-refractivity contribution in [1.82, 2.24) is 0 Å². The summed E-state index contributed by atoms with van der Waals surface area (Å²) in [5.74, 6) is -0.215.